The molecule has 1 atom stereocenters. The Hall–Kier alpha value is -0.220. The predicted octanol–water partition coefficient (Wildman–Crippen LogP) is 2.10. The second kappa shape index (κ2) is 5.21. The average molecular weight is 220 g/mol. The van der Waals surface area contributed by atoms with E-state index in [9.17, 15) is 8.78 Å². The highest BCUT2D eigenvalue weighted by molar-refractivity contribution is 4.84. The fraction of sp³-hybridized carbons (Fsp3) is 1.00. The summed E-state index contributed by atoms with van der Waals surface area (Å²) < 4.78 is 24.5. The molecule has 0 bridgehead atoms. The van der Waals surface area contributed by atoms with Crippen molar-refractivity contribution in [2.24, 2.45) is 0 Å². The Labute approximate surface area is 91.0 Å². The molecular weight excluding hydrogens is 198 g/mol. The van der Waals surface area contributed by atoms with Crippen LogP contribution in [0.1, 0.15) is 33.6 Å². The molecule has 1 rings (SSSR count). The summed E-state index contributed by atoms with van der Waals surface area (Å²) >= 11 is 0. The van der Waals surface area contributed by atoms with E-state index in [-0.39, 0.29) is 12.1 Å². The quantitative estimate of drug-likeness (QED) is 0.780. The van der Waals surface area contributed by atoms with E-state index in [1.165, 1.54) is 0 Å². The molecule has 0 aromatic rings. The fourth-order valence-electron chi connectivity index (χ4n) is 1.97. The SMILES string of the molecule is CC(C)(C)NCC1CCCN1CC(F)F. The maximum atomic E-state index is 12.3. The van der Waals surface area contributed by atoms with Gasteiger partial charge in [0.1, 0.15) is 0 Å². The van der Waals surface area contributed by atoms with E-state index in [2.05, 4.69) is 26.1 Å². The first-order valence-corrected chi connectivity index (χ1v) is 5.66. The highest BCUT2D eigenvalue weighted by Crippen LogP contribution is 2.18. The van der Waals surface area contributed by atoms with Crippen LogP contribution >= 0.6 is 0 Å². The average Bonchev–Trinajstić information content (AvgIpc) is 2.46. The van der Waals surface area contributed by atoms with E-state index in [4.69, 9.17) is 0 Å². The smallest absolute Gasteiger partial charge is 0.251 e. The highest BCUT2D eigenvalue weighted by atomic mass is 19.3. The lowest BCUT2D eigenvalue weighted by molar-refractivity contribution is 0.0807. The molecule has 1 fully saturated rings. The van der Waals surface area contributed by atoms with Crippen LogP contribution in [0.15, 0.2) is 0 Å². The zero-order valence-corrected chi connectivity index (χ0v) is 9.89. The minimum absolute atomic E-state index is 0.0685. The van der Waals surface area contributed by atoms with Gasteiger partial charge in [-0.15, -0.1) is 0 Å². The summed E-state index contributed by atoms with van der Waals surface area (Å²) in [4.78, 5) is 1.91. The minimum atomic E-state index is -2.21. The van der Waals surface area contributed by atoms with Gasteiger partial charge in [0.05, 0.1) is 6.54 Å². The molecule has 1 aliphatic heterocycles. The standard InChI is InChI=1S/C11H22F2N2/c1-11(2,3)14-7-9-5-4-6-15(9)8-10(12)13/h9-10,14H,4-8H2,1-3H3. The van der Waals surface area contributed by atoms with Crippen molar-refractivity contribution in [2.45, 2.75) is 51.6 Å². The van der Waals surface area contributed by atoms with Crippen molar-refractivity contribution in [3.63, 3.8) is 0 Å². The molecule has 90 valence electrons. The molecule has 4 heteroatoms. The van der Waals surface area contributed by atoms with Gasteiger partial charge in [0, 0.05) is 18.1 Å². The van der Waals surface area contributed by atoms with Gasteiger partial charge in [0.15, 0.2) is 0 Å². The van der Waals surface area contributed by atoms with E-state index in [0.29, 0.717) is 6.04 Å². The van der Waals surface area contributed by atoms with Gasteiger partial charge in [-0.1, -0.05) is 0 Å². The van der Waals surface area contributed by atoms with Gasteiger partial charge in [-0.3, -0.25) is 4.90 Å². The number of hydrogen-bond acceptors (Lipinski definition) is 2. The minimum Gasteiger partial charge on any atom is -0.311 e. The molecule has 0 saturated carbocycles. The zero-order valence-electron chi connectivity index (χ0n) is 9.89. The number of nitrogens with one attached hydrogen (secondary N) is 1. The fourth-order valence-corrected chi connectivity index (χ4v) is 1.97. The molecule has 0 radical (unpaired) electrons. The van der Waals surface area contributed by atoms with Gasteiger partial charge in [0.2, 0.25) is 0 Å². The van der Waals surface area contributed by atoms with E-state index >= 15 is 0 Å². The largest absolute Gasteiger partial charge is 0.311 e. The third-order valence-electron chi connectivity index (χ3n) is 2.74. The molecule has 0 aromatic heterocycles. The summed E-state index contributed by atoms with van der Waals surface area (Å²) in [5, 5.41) is 3.38. The first-order valence-electron chi connectivity index (χ1n) is 5.66. The van der Waals surface area contributed by atoms with Crippen molar-refractivity contribution >= 4 is 0 Å². The Morgan fingerprint density at radius 1 is 1.40 bits per heavy atom. The van der Waals surface area contributed by atoms with Crippen LogP contribution in [0.5, 0.6) is 0 Å². The topological polar surface area (TPSA) is 15.3 Å². The first kappa shape index (κ1) is 12.8. The van der Waals surface area contributed by atoms with Crippen LogP contribution in [0.3, 0.4) is 0 Å². The van der Waals surface area contributed by atoms with E-state index in [1.807, 2.05) is 4.90 Å². The van der Waals surface area contributed by atoms with Crippen LogP contribution in [0.4, 0.5) is 8.78 Å². The number of likely N-dealkylation sites (tertiary alicyclic amines) is 1. The van der Waals surface area contributed by atoms with Crippen LogP contribution in [-0.2, 0) is 0 Å². The first-order chi connectivity index (χ1) is 6.88. The summed E-state index contributed by atoms with van der Waals surface area (Å²) in [5.41, 5.74) is 0.0685. The molecule has 0 aliphatic carbocycles. The monoisotopic (exact) mass is 220 g/mol. The Bertz CT molecular complexity index is 190. The Morgan fingerprint density at radius 2 is 2.07 bits per heavy atom. The van der Waals surface area contributed by atoms with Crippen molar-refractivity contribution in [2.75, 3.05) is 19.6 Å². The maximum Gasteiger partial charge on any atom is 0.251 e. The van der Waals surface area contributed by atoms with Gasteiger partial charge >= 0.3 is 0 Å². The molecule has 1 saturated heterocycles. The summed E-state index contributed by atoms with van der Waals surface area (Å²) in [6.07, 6.45) is -0.126. The lowest BCUT2D eigenvalue weighted by atomic mass is 10.1. The van der Waals surface area contributed by atoms with E-state index < -0.39 is 6.43 Å². The Balaban J connectivity index is 2.33. The van der Waals surface area contributed by atoms with Crippen molar-refractivity contribution < 1.29 is 8.78 Å². The van der Waals surface area contributed by atoms with E-state index in [1.54, 1.807) is 0 Å². The number of alkyl halides is 2. The second-order valence-electron chi connectivity index (χ2n) is 5.31. The van der Waals surface area contributed by atoms with E-state index in [0.717, 1.165) is 25.9 Å². The third kappa shape index (κ3) is 4.89. The molecule has 15 heavy (non-hydrogen) atoms. The van der Waals surface area contributed by atoms with Gasteiger partial charge < -0.3 is 5.32 Å². The molecular formula is C11H22F2N2. The Morgan fingerprint density at radius 3 is 2.60 bits per heavy atom. The second-order valence-corrected chi connectivity index (χ2v) is 5.31. The number of hydrogen-bond donors (Lipinski definition) is 1. The van der Waals surface area contributed by atoms with Crippen molar-refractivity contribution in [3.05, 3.63) is 0 Å². The van der Waals surface area contributed by atoms with Crippen LogP contribution in [0.2, 0.25) is 0 Å². The normalized spacial score (nSPS) is 24.0. The third-order valence-corrected chi connectivity index (χ3v) is 2.74. The molecule has 1 aliphatic rings. The number of halogens is 2. The van der Waals surface area contributed by atoms with Crippen LogP contribution < -0.4 is 5.32 Å². The molecule has 1 N–H and O–H groups in total. The van der Waals surface area contributed by atoms with Crippen LogP contribution in [-0.4, -0.2) is 42.5 Å². The molecule has 0 aromatic carbocycles. The predicted molar refractivity (Wildman–Crippen MR) is 58.4 cm³/mol. The summed E-state index contributed by atoms with van der Waals surface area (Å²) in [6.45, 7) is 7.85. The summed E-state index contributed by atoms with van der Waals surface area (Å²) in [7, 11) is 0. The van der Waals surface area contributed by atoms with Crippen molar-refractivity contribution in [1.82, 2.24) is 10.2 Å². The maximum absolute atomic E-state index is 12.3. The van der Waals surface area contributed by atoms with Gasteiger partial charge in [-0.05, 0) is 40.2 Å². The van der Waals surface area contributed by atoms with Gasteiger partial charge in [-0.25, -0.2) is 8.78 Å². The molecule has 0 spiro atoms. The van der Waals surface area contributed by atoms with Crippen molar-refractivity contribution in [3.8, 4) is 0 Å². The molecule has 2 nitrogen and oxygen atoms in total. The molecule has 0 amide bonds. The lowest BCUT2D eigenvalue weighted by Gasteiger charge is -2.28. The number of nitrogens with zero attached hydrogens (tertiary/aromatic N) is 1. The summed E-state index contributed by atoms with van der Waals surface area (Å²) in [5.74, 6) is 0. The van der Waals surface area contributed by atoms with Crippen molar-refractivity contribution in [1.29, 1.82) is 0 Å². The highest BCUT2D eigenvalue weighted by Gasteiger charge is 2.27. The summed E-state index contributed by atoms with van der Waals surface area (Å²) in [6, 6.07) is 0.290. The zero-order chi connectivity index (χ0) is 11.5. The van der Waals surface area contributed by atoms with Gasteiger partial charge in [-0.2, -0.15) is 0 Å². The molecule has 1 heterocycles. The molecule has 1 unspecified atom stereocenters. The van der Waals surface area contributed by atoms with Crippen LogP contribution in [0.25, 0.3) is 0 Å². The van der Waals surface area contributed by atoms with Gasteiger partial charge in [0.25, 0.3) is 6.43 Å². The van der Waals surface area contributed by atoms with Crippen LogP contribution in [0, 0.1) is 0 Å². The number of rotatable bonds is 4. The Kier molecular flexibility index (Phi) is 4.46. The lowest BCUT2D eigenvalue weighted by Crippen LogP contribution is -2.46.